The third kappa shape index (κ3) is 5.27. The van der Waals surface area contributed by atoms with E-state index in [1.807, 2.05) is 30.3 Å². The van der Waals surface area contributed by atoms with Gasteiger partial charge in [-0.05, 0) is 35.8 Å². The Balaban J connectivity index is 1.33. The molecule has 0 saturated carbocycles. The fourth-order valence-electron chi connectivity index (χ4n) is 4.97. The van der Waals surface area contributed by atoms with Crippen molar-refractivity contribution in [2.75, 3.05) is 33.5 Å². The van der Waals surface area contributed by atoms with Crippen molar-refractivity contribution in [3.63, 3.8) is 0 Å². The highest BCUT2D eigenvalue weighted by molar-refractivity contribution is 6.31. The zero-order valence-corrected chi connectivity index (χ0v) is 20.9. The summed E-state index contributed by atoms with van der Waals surface area (Å²) in [7, 11) is 1.59. The minimum absolute atomic E-state index is 0.136. The number of aromatic nitrogens is 3. The molecule has 1 N–H and O–H groups in total. The fraction of sp³-hybridized carbons (Fsp3) is 0.423. The number of allylic oxidation sites excluding steroid dienone is 2. The van der Waals surface area contributed by atoms with Crippen molar-refractivity contribution in [3.05, 3.63) is 76.8 Å². The molecule has 0 fully saturated rings. The van der Waals surface area contributed by atoms with Crippen LogP contribution in [0.3, 0.4) is 0 Å². The van der Waals surface area contributed by atoms with Gasteiger partial charge in [-0.25, -0.2) is 4.79 Å². The molecule has 3 aliphatic rings. The SMILES string of the molecule is COCCOC(=O)N1CCC2=C(NC3C=CC(Cl)=CC23)C1c1ccc(OCCCn2nccn2)cc1. The monoisotopic (exact) mass is 511 g/mol. The summed E-state index contributed by atoms with van der Waals surface area (Å²) < 4.78 is 16.5. The summed E-state index contributed by atoms with van der Waals surface area (Å²) in [5.74, 6) is 0.968. The zero-order chi connectivity index (χ0) is 24.9. The second-order valence-corrected chi connectivity index (χ2v) is 9.33. The van der Waals surface area contributed by atoms with Gasteiger partial charge in [0.15, 0.2) is 0 Å². The van der Waals surface area contributed by atoms with Crippen LogP contribution in [0.1, 0.15) is 24.4 Å². The topological polar surface area (TPSA) is 90.7 Å². The van der Waals surface area contributed by atoms with Crippen molar-refractivity contribution in [3.8, 4) is 5.75 Å². The molecule has 1 amide bonds. The van der Waals surface area contributed by atoms with E-state index in [1.54, 1.807) is 29.2 Å². The van der Waals surface area contributed by atoms with Crippen LogP contribution in [0.4, 0.5) is 4.79 Å². The predicted octanol–water partition coefficient (Wildman–Crippen LogP) is 3.81. The molecule has 0 saturated heterocycles. The number of fused-ring (bicyclic) bond motifs is 2. The van der Waals surface area contributed by atoms with Crippen molar-refractivity contribution < 1.29 is 19.0 Å². The van der Waals surface area contributed by atoms with E-state index < -0.39 is 0 Å². The van der Waals surface area contributed by atoms with Gasteiger partial charge in [-0.15, -0.1) is 0 Å². The minimum atomic E-state index is -0.350. The number of aryl methyl sites for hydroxylation is 1. The van der Waals surface area contributed by atoms with Gasteiger partial charge in [0.05, 0.1) is 38.2 Å². The van der Waals surface area contributed by atoms with E-state index >= 15 is 0 Å². The molecule has 1 aliphatic carbocycles. The third-order valence-corrected chi connectivity index (χ3v) is 6.90. The first-order valence-electron chi connectivity index (χ1n) is 12.2. The number of nitrogens with zero attached hydrogens (tertiary/aromatic N) is 4. The van der Waals surface area contributed by atoms with Crippen LogP contribution in [-0.4, -0.2) is 65.5 Å². The Morgan fingerprint density at radius 1 is 1.17 bits per heavy atom. The number of hydrogen-bond donors (Lipinski definition) is 1. The number of hydrogen-bond acceptors (Lipinski definition) is 7. The molecule has 3 unspecified atom stereocenters. The summed E-state index contributed by atoms with van der Waals surface area (Å²) in [4.78, 5) is 16.5. The quantitative estimate of drug-likeness (QED) is 0.512. The maximum atomic E-state index is 13.1. The number of methoxy groups -OCH3 is 1. The highest BCUT2D eigenvalue weighted by Crippen LogP contribution is 2.44. The lowest BCUT2D eigenvalue weighted by Crippen LogP contribution is -2.42. The zero-order valence-electron chi connectivity index (χ0n) is 20.2. The standard InChI is InChI=1S/C26H30ClN5O4/c1-34-15-16-36-26(33)31-13-9-21-22-17-19(27)5-8-23(22)30-24(21)25(31)18-3-6-20(7-4-18)35-14-2-12-32-28-10-11-29-32/h3-8,10-11,17,22-23,25,30H,2,9,12-16H2,1H3. The predicted molar refractivity (Wildman–Crippen MR) is 134 cm³/mol. The van der Waals surface area contributed by atoms with E-state index in [2.05, 4.69) is 27.7 Å². The van der Waals surface area contributed by atoms with E-state index in [-0.39, 0.29) is 30.7 Å². The van der Waals surface area contributed by atoms with Crippen LogP contribution in [0.25, 0.3) is 0 Å². The first kappa shape index (κ1) is 24.4. The number of halogens is 1. The van der Waals surface area contributed by atoms with E-state index in [4.69, 9.17) is 25.8 Å². The molecule has 0 radical (unpaired) electrons. The number of carbonyl (C=O) groups excluding carboxylic acids is 1. The lowest BCUT2D eigenvalue weighted by Gasteiger charge is -2.37. The van der Waals surface area contributed by atoms with Gasteiger partial charge in [-0.2, -0.15) is 15.0 Å². The van der Waals surface area contributed by atoms with Crippen molar-refractivity contribution >= 4 is 17.7 Å². The summed E-state index contributed by atoms with van der Waals surface area (Å²) >= 11 is 6.32. The molecule has 190 valence electrons. The molecule has 2 aliphatic heterocycles. The molecule has 3 atom stereocenters. The summed E-state index contributed by atoms with van der Waals surface area (Å²) in [6, 6.07) is 7.78. The highest BCUT2D eigenvalue weighted by Gasteiger charge is 2.43. The molecule has 5 rings (SSSR count). The van der Waals surface area contributed by atoms with Gasteiger partial charge < -0.3 is 19.5 Å². The number of carbonyl (C=O) groups is 1. The normalized spacial score (nSPS) is 22.6. The second kappa shape index (κ2) is 11.2. The van der Waals surface area contributed by atoms with Gasteiger partial charge in [-0.1, -0.05) is 35.9 Å². The molecule has 36 heavy (non-hydrogen) atoms. The van der Waals surface area contributed by atoms with Crippen molar-refractivity contribution in [1.82, 2.24) is 25.2 Å². The average Bonchev–Trinajstić information content (AvgIpc) is 3.54. The number of benzene rings is 1. The molecule has 3 heterocycles. The van der Waals surface area contributed by atoms with E-state index in [9.17, 15) is 4.79 Å². The summed E-state index contributed by atoms with van der Waals surface area (Å²) in [5.41, 5.74) is 3.33. The Hall–Kier alpha value is -3.30. The van der Waals surface area contributed by atoms with Gasteiger partial charge >= 0.3 is 6.09 Å². The van der Waals surface area contributed by atoms with Gasteiger partial charge in [-0.3, -0.25) is 4.90 Å². The third-order valence-electron chi connectivity index (χ3n) is 6.65. The summed E-state index contributed by atoms with van der Waals surface area (Å²) in [6.07, 6.45) is 10.7. The van der Waals surface area contributed by atoms with Crippen LogP contribution in [-0.2, 0) is 16.0 Å². The number of rotatable bonds is 9. The maximum absolute atomic E-state index is 13.1. The molecule has 1 aromatic heterocycles. The molecular weight excluding hydrogens is 482 g/mol. The number of amides is 1. The van der Waals surface area contributed by atoms with Crippen molar-refractivity contribution in [1.29, 1.82) is 0 Å². The molecular formula is C26H30ClN5O4. The first-order valence-corrected chi connectivity index (χ1v) is 12.6. The Bertz CT molecular complexity index is 1150. The van der Waals surface area contributed by atoms with Crippen LogP contribution in [0.5, 0.6) is 5.75 Å². The Kier molecular flexibility index (Phi) is 7.58. The molecule has 0 spiro atoms. The summed E-state index contributed by atoms with van der Waals surface area (Å²) in [6.45, 7) is 2.39. The van der Waals surface area contributed by atoms with Crippen LogP contribution >= 0.6 is 11.6 Å². The van der Waals surface area contributed by atoms with Crippen molar-refractivity contribution in [2.45, 2.75) is 31.5 Å². The Morgan fingerprint density at radius 2 is 1.97 bits per heavy atom. The largest absolute Gasteiger partial charge is 0.494 e. The van der Waals surface area contributed by atoms with Crippen LogP contribution in [0.2, 0.25) is 0 Å². The minimum Gasteiger partial charge on any atom is -0.494 e. The molecule has 1 aromatic carbocycles. The van der Waals surface area contributed by atoms with E-state index in [1.165, 1.54) is 5.57 Å². The lowest BCUT2D eigenvalue weighted by molar-refractivity contribution is 0.0624. The Labute approximate surface area is 215 Å². The first-order chi connectivity index (χ1) is 17.6. The Morgan fingerprint density at radius 3 is 2.75 bits per heavy atom. The van der Waals surface area contributed by atoms with Gasteiger partial charge in [0.25, 0.3) is 0 Å². The van der Waals surface area contributed by atoms with Crippen LogP contribution in [0, 0.1) is 5.92 Å². The van der Waals surface area contributed by atoms with Crippen LogP contribution in [0.15, 0.2) is 71.2 Å². The molecule has 2 aromatic rings. The van der Waals surface area contributed by atoms with Gasteiger partial charge in [0, 0.05) is 36.7 Å². The van der Waals surface area contributed by atoms with E-state index in [0.29, 0.717) is 26.3 Å². The summed E-state index contributed by atoms with van der Waals surface area (Å²) in [5, 5.41) is 12.6. The van der Waals surface area contributed by atoms with Crippen LogP contribution < -0.4 is 10.1 Å². The highest BCUT2D eigenvalue weighted by atomic mass is 35.5. The maximum Gasteiger partial charge on any atom is 0.410 e. The molecule has 9 nitrogen and oxygen atoms in total. The van der Waals surface area contributed by atoms with Gasteiger partial charge in [0.2, 0.25) is 0 Å². The fourth-order valence-corrected chi connectivity index (χ4v) is 5.18. The molecule has 0 bridgehead atoms. The van der Waals surface area contributed by atoms with E-state index in [0.717, 1.165) is 34.9 Å². The lowest BCUT2D eigenvalue weighted by atomic mass is 9.85. The van der Waals surface area contributed by atoms with Gasteiger partial charge in [0.1, 0.15) is 18.4 Å². The number of ether oxygens (including phenoxy) is 3. The second-order valence-electron chi connectivity index (χ2n) is 8.89. The molecule has 10 heteroatoms. The average molecular weight is 512 g/mol. The van der Waals surface area contributed by atoms with Crippen molar-refractivity contribution in [2.24, 2.45) is 5.92 Å². The number of nitrogens with one attached hydrogen (secondary N) is 1. The smallest absolute Gasteiger partial charge is 0.410 e.